The third-order valence-electron chi connectivity index (χ3n) is 1.53. The zero-order valence-electron chi connectivity index (χ0n) is 9.06. The SMILES string of the molecule is CC(C)NC(=O)C(=O)N/N=C\c1cccs1. The molecule has 0 fully saturated rings. The number of thiophene rings is 1. The molecule has 1 aromatic heterocycles. The van der Waals surface area contributed by atoms with E-state index in [1.54, 1.807) is 13.8 Å². The molecular weight excluding hydrogens is 226 g/mol. The summed E-state index contributed by atoms with van der Waals surface area (Å²) in [7, 11) is 0. The molecule has 0 saturated heterocycles. The molecule has 0 spiro atoms. The number of rotatable bonds is 3. The van der Waals surface area contributed by atoms with Crippen LogP contribution in [0.1, 0.15) is 18.7 Å². The zero-order valence-corrected chi connectivity index (χ0v) is 9.88. The summed E-state index contributed by atoms with van der Waals surface area (Å²) in [4.78, 5) is 23.2. The van der Waals surface area contributed by atoms with Crippen LogP contribution in [0.5, 0.6) is 0 Å². The molecule has 0 aliphatic rings. The predicted molar refractivity (Wildman–Crippen MR) is 63.3 cm³/mol. The van der Waals surface area contributed by atoms with Crippen LogP contribution in [0.25, 0.3) is 0 Å². The summed E-state index contributed by atoms with van der Waals surface area (Å²) in [6, 6.07) is 3.66. The maximum atomic E-state index is 11.2. The minimum Gasteiger partial charge on any atom is -0.346 e. The van der Waals surface area contributed by atoms with Gasteiger partial charge in [0, 0.05) is 10.9 Å². The molecule has 0 aliphatic heterocycles. The van der Waals surface area contributed by atoms with Gasteiger partial charge in [0.15, 0.2) is 0 Å². The Balaban J connectivity index is 2.38. The van der Waals surface area contributed by atoms with Gasteiger partial charge < -0.3 is 5.32 Å². The van der Waals surface area contributed by atoms with Crippen LogP contribution in [0.3, 0.4) is 0 Å². The quantitative estimate of drug-likeness (QED) is 0.463. The molecular formula is C10H13N3O2S. The van der Waals surface area contributed by atoms with E-state index in [1.165, 1.54) is 17.6 Å². The molecule has 0 bridgehead atoms. The Kier molecular flexibility index (Phi) is 4.65. The second-order valence-electron chi connectivity index (χ2n) is 3.34. The van der Waals surface area contributed by atoms with Crippen LogP contribution < -0.4 is 10.7 Å². The smallest absolute Gasteiger partial charge is 0.329 e. The molecule has 0 atom stereocenters. The van der Waals surface area contributed by atoms with Crippen molar-refractivity contribution >= 4 is 29.4 Å². The van der Waals surface area contributed by atoms with Crippen molar-refractivity contribution in [3.05, 3.63) is 22.4 Å². The summed E-state index contributed by atoms with van der Waals surface area (Å²) >= 11 is 1.49. The third kappa shape index (κ3) is 4.22. The first kappa shape index (κ1) is 12.4. The van der Waals surface area contributed by atoms with Crippen molar-refractivity contribution in [3.8, 4) is 0 Å². The first-order valence-electron chi connectivity index (χ1n) is 4.77. The summed E-state index contributed by atoms with van der Waals surface area (Å²) in [6.45, 7) is 3.56. The minimum absolute atomic E-state index is 0.0699. The first-order chi connectivity index (χ1) is 7.59. The van der Waals surface area contributed by atoms with Gasteiger partial charge in [-0.15, -0.1) is 11.3 Å². The Hall–Kier alpha value is -1.69. The van der Waals surface area contributed by atoms with Gasteiger partial charge in [-0.3, -0.25) is 9.59 Å². The van der Waals surface area contributed by atoms with Crippen LogP contribution in [0.4, 0.5) is 0 Å². The van der Waals surface area contributed by atoms with Gasteiger partial charge in [-0.2, -0.15) is 5.10 Å². The van der Waals surface area contributed by atoms with Gasteiger partial charge in [-0.25, -0.2) is 5.43 Å². The van der Waals surface area contributed by atoms with Gasteiger partial charge in [0.25, 0.3) is 0 Å². The minimum atomic E-state index is -0.762. The topological polar surface area (TPSA) is 70.6 Å². The fourth-order valence-electron chi connectivity index (χ4n) is 0.898. The summed E-state index contributed by atoms with van der Waals surface area (Å²) in [5.41, 5.74) is 2.15. The summed E-state index contributed by atoms with van der Waals surface area (Å²) in [5, 5.41) is 8.03. The van der Waals surface area contributed by atoms with Crippen LogP contribution in [0.2, 0.25) is 0 Å². The Bertz CT molecular complexity index is 385. The Morgan fingerprint density at radius 2 is 2.19 bits per heavy atom. The number of hydrogen-bond donors (Lipinski definition) is 2. The number of amides is 2. The monoisotopic (exact) mass is 239 g/mol. The fourth-order valence-corrected chi connectivity index (χ4v) is 1.48. The van der Waals surface area contributed by atoms with Crippen LogP contribution in [-0.4, -0.2) is 24.1 Å². The largest absolute Gasteiger partial charge is 0.346 e. The molecule has 5 nitrogen and oxygen atoms in total. The molecule has 2 N–H and O–H groups in total. The molecule has 0 aromatic carbocycles. The van der Waals surface area contributed by atoms with Gasteiger partial charge in [-0.05, 0) is 25.3 Å². The van der Waals surface area contributed by atoms with Crippen LogP contribution in [0, 0.1) is 0 Å². The van der Waals surface area contributed by atoms with Crippen molar-refractivity contribution < 1.29 is 9.59 Å². The van der Waals surface area contributed by atoms with Crippen molar-refractivity contribution in [3.63, 3.8) is 0 Å². The number of nitrogens with zero attached hydrogens (tertiary/aromatic N) is 1. The lowest BCUT2D eigenvalue weighted by atomic mass is 10.4. The third-order valence-corrected chi connectivity index (χ3v) is 2.33. The molecule has 16 heavy (non-hydrogen) atoms. The predicted octanol–water partition coefficient (Wildman–Crippen LogP) is 0.723. The zero-order chi connectivity index (χ0) is 12.0. The van der Waals surface area contributed by atoms with Crippen molar-refractivity contribution in [1.29, 1.82) is 0 Å². The lowest BCUT2D eigenvalue weighted by molar-refractivity contribution is -0.139. The molecule has 86 valence electrons. The van der Waals surface area contributed by atoms with E-state index in [0.717, 1.165) is 4.88 Å². The Morgan fingerprint density at radius 3 is 2.75 bits per heavy atom. The molecule has 1 aromatic rings. The second-order valence-corrected chi connectivity index (χ2v) is 4.32. The Labute approximate surface area is 97.5 Å². The summed E-state index contributed by atoms with van der Waals surface area (Å²) < 4.78 is 0. The molecule has 0 radical (unpaired) electrons. The summed E-state index contributed by atoms with van der Waals surface area (Å²) in [6.07, 6.45) is 1.49. The van der Waals surface area contributed by atoms with Crippen molar-refractivity contribution in [2.75, 3.05) is 0 Å². The molecule has 1 heterocycles. The number of hydrazone groups is 1. The highest BCUT2D eigenvalue weighted by Crippen LogP contribution is 2.03. The highest BCUT2D eigenvalue weighted by molar-refractivity contribution is 7.11. The number of hydrogen-bond acceptors (Lipinski definition) is 4. The number of nitrogens with one attached hydrogen (secondary N) is 2. The lowest BCUT2D eigenvalue weighted by Crippen LogP contribution is -2.41. The van der Waals surface area contributed by atoms with Crippen LogP contribution in [-0.2, 0) is 9.59 Å². The second kappa shape index (κ2) is 6.02. The number of carbonyl (C=O) groups is 2. The maximum Gasteiger partial charge on any atom is 0.329 e. The van der Waals surface area contributed by atoms with Crippen molar-refractivity contribution in [1.82, 2.24) is 10.7 Å². The summed E-state index contributed by atoms with van der Waals surface area (Å²) in [5.74, 6) is -1.44. The molecule has 0 unspecified atom stereocenters. The maximum absolute atomic E-state index is 11.2. The Morgan fingerprint density at radius 1 is 1.44 bits per heavy atom. The van der Waals surface area contributed by atoms with E-state index in [9.17, 15) is 9.59 Å². The molecule has 2 amide bonds. The highest BCUT2D eigenvalue weighted by atomic mass is 32.1. The fraction of sp³-hybridized carbons (Fsp3) is 0.300. The standard InChI is InChI=1S/C10H13N3O2S/c1-7(2)12-9(14)10(15)13-11-6-8-4-3-5-16-8/h3-7H,1-2H3,(H,12,14)(H,13,15)/b11-6-. The van der Waals surface area contributed by atoms with Gasteiger partial charge in [0.2, 0.25) is 0 Å². The van der Waals surface area contributed by atoms with Gasteiger partial charge in [0.1, 0.15) is 0 Å². The normalized spacial score (nSPS) is 10.7. The molecule has 6 heteroatoms. The van der Waals surface area contributed by atoms with E-state index in [4.69, 9.17) is 0 Å². The van der Waals surface area contributed by atoms with Crippen LogP contribution >= 0.6 is 11.3 Å². The van der Waals surface area contributed by atoms with E-state index >= 15 is 0 Å². The first-order valence-corrected chi connectivity index (χ1v) is 5.65. The van der Waals surface area contributed by atoms with Crippen LogP contribution in [0.15, 0.2) is 22.6 Å². The average molecular weight is 239 g/mol. The van der Waals surface area contributed by atoms with Gasteiger partial charge in [0.05, 0.1) is 6.21 Å². The van der Waals surface area contributed by atoms with Gasteiger partial charge >= 0.3 is 11.8 Å². The van der Waals surface area contributed by atoms with Crippen molar-refractivity contribution in [2.24, 2.45) is 5.10 Å². The molecule has 1 rings (SSSR count). The van der Waals surface area contributed by atoms with E-state index < -0.39 is 11.8 Å². The van der Waals surface area contributed by atoms with Crippen molar-refractivity contribution in [2.45, 2.75) is 19.9 Å². The van der Waals surface area contributed by atoms with E-state index in [2.05, 4.69) is 15.8 Å². The van der Waals surface area contributed by atoms with E-state index in [-0.39, 0.29) is 6.04 Å². The molecule has 0 saturated carbocycles. The average Bonchev–Trinajstić information content (AvgIpc) is 2.69. The lowest BCUT2D eigenvalue weighted by Gasteiger charge is -2.05. The van der Waals surface area contributed by atoms with E-state index in [0.29, 0.717) is 0 Å². The molecule has 0 aliphatic carbocycles. The highest BCUT2D eigenvalue weighted by Gasteiger charge is 2.12. The van der Waals surface area contributed by atoms with Gasteiger partial charge in [-0.1, -0.05) is 6.07 Å². The number of carbonyl (C=O) groups excluding carboxylic acids is 2. The van der Waals surface area contributed by atoms with E-state index in [1.807, 2.05) is 17.5 Å².